The standard InChI is InChI=1S/C18H16N4O5/c23-13-6-7-15(22(26)27)12(8-13)9-20-21-18(25)16-14(10-19-17(16)24)11-4-2-1-3-5-11/h1-9,14,16,23H,10H2,(H,19,24)(H,21,25)/b20-9+/t14-,16-/m0/s1. The first-order valence-electron chi connectivity index (χ1n) is 8.10. The Morgan fingerprint density at radius 1 is 1.30 bits per heavy atom. The van der Waals surface area contributed by atoms with Crippen molar-refractivity contribution >= 4 is 23.7 Å². The van der Waals surface area contributed by atoms with Gasteiger partial charge in [0.15, 0.2) is 0 Å². The summed E-state index contributed by atoms with van der Waals surface area (Å²) in [5, 5.41) is 26.9. The third-order valence-electron chi connectivity index (χ3n) is 4.28. The molecule has 0 saturated carbocycles. The normalized spacial score (nSPS) is 19.0. The molecule has 0 aromatic heterocycles. The van der Waals surface area contributed by atoms with E-state index in [0.717, 1.165) is 23.9 Å². The van der Waals surface area contributed by atoms with E-state index in [9.17, 15) is 24.8 Å². The fourth-order valence-corrected chi connectivity index (χ4v) is 2.98. The maximum absolute atomic E-state index is 12.4. The van der Waals surface area contributed by atoms with Crippen LogP contribution in [-0.4, -0.2) is 34.6 Å². The number of carbonyl (C=O) groups excluding carboxylic acids is 2. The molecule has 9 nitrogen and oxygen atoms in total. The molecule has 1 heterocycles. The lowest BCUT2D eigenvalue weighted by Crippen LogP contribution is -2.34. The number of phenols is 1. The molecule has 0 radical (unpaired) electrons. The van der Waals surface area contributed by atoms with E-state index < -0.39 is 22.7 Å². The van der Waals surface area contributed by atoms with Crippen molar-refractivity contribution in [1.29, 1.82) is 0 Å². The fraction of sp³-hybridized carbons (Fsp3) is 0.167. The third kappa shape index (κ3) is 3.92. The molecule has 0 aliphatic carbocycles. The van der Waals surface area contributed by atoms with Crippen LogP contribution in [0.5, 0.6) is 5.75 Å². The summed E-state index contributed by atoms with van der Waals surface area (Å²) in [5.41, 5.74) is 2.86. The lowest BCUT2D eigenvalue weighted by atomic mass is 9.88. The zero-order chi connectivity index (χ0) is 19.4. The van der Waals surface area contributed by atoms with Crippen LogP contribution < -0.4 is 10.7 Å². The van der Waals surface area contributed by atoms with Gasteiger partial charge in [0.2, 0.25) is 5.91 Å². The number of nitrogens with one attached hydrogen (secondary N) is 2. The van der Waals surface area contributed by atoms with Crippen molar-refractivity contribution in [3.05, 3.63) is 69.8 Å². The van der Waals surface area contributed by atoms with Crippen LogP contribution in [0.15, 0.2) is 53.6 Å². The van der Waals surface area contributed by atoms with Crippen molar-refractivity contribution in [2.45, 2.75) is 5.92 Å². The maximum atomic E-state index is 12.4. The molecule has 1 saturated heterocycles. The summed E-state index contributed by atoms with van der Waals surface area (Å²) in [6.45, 7) is 0.336. The topological polar surface area (TPSA) is 134 Å². The monoisotopic (exact) mass is 368 g/mol. The number of hydrazone groups is 1. The zero-order valence-electron chi connectivity index (χ0n) is 14.0. The molecule has 9 heteroatoms. The first-order chi connectivity index (χ1) is 13.0. The van der Waals surface area contributed by atoms with Gasteiger partial charge in [0.1, 0.15) is 11.7 Å². The SMILES string of the molecule is O=C1NC[C@@H](c2ccccc2)[C@@H]1C(=O)N/N=C/c1cc(O)ccc1[N+](=O)[O-]. The quantitative estimate of drug-likeness (QED) is 0.316. The van der Waals surface area contributed by atoms with Crippen LogP contribution in [0.3, 0.4) is 0 Å². The summed E-state index contributed by atoms with van der Waals surface area (Å²) >= 11 is 0. The highest BCUT2D eigenvalue weighted by Gasteiger charge is 2.40. The van der Waals surface area contributed by atoms with E-state index >= 15 is 0 Å². The van der Waals surface area contributed by atoms with E-state index in [-0.39, 0.29) is 22.9 Å². The van der Waals surface area contributed by atoms with Gasteiger partial charge in [-0.3, -0.25) is 19.7 Å². The largest absolute Gasteiger partial charge is 0.508 e. The minimum atomic E-state index is -0.955. The molecule has 0 unspecified atom stereocenters. The minimum absolute atomic E-state index is 0.0239. The van der Waals surface area contributed by atoms with Gasteiger partial charge in [0.05, 0.1) is 16.7 Å². The van der Waals surface area contributed by atoms with Gasteiger partial charge in [0.25, 0.3) is 11.6 Å². The Labute approximate surface area is 153 Å². The molecular formula is C18H16N4O5. The average molecular weight is 368 g/mol. The summed E-state index contributed by atoms with van der Waals surface area (Å²) < 4.78 is 0. The van der Waals surface area contributed by atoms with E-state index in [1.165, 1.54) is 6.07 Å². The molecule has 2 amide bonds. The van der Waals surface area contributed by atoms with E-state index in [4.69, 9.17) is 0 Å². The molecule has 3 N–H and O–H groups in total. The first kappa shape index (κ1) is 18.1. The Morgan fingerprint density at radius 3 is 2.74 bits per heavy atom. The van der Waals surface area contributed by atoms with Crippen LogP contribution in [0.4, 0.5) is 5.69 Å². The molecular weight excluding hydrogens is 352 g/mol. The van der Waals surface area contributed by atoms with Crippen LogP contribution in [0.25, 0.3) is 0 Å². The number of hydrogen-bond acceptors (Lipinski definition) is 6. The van der Waals surface area contributed by atoms with Crippen LogP contribution in [0, 0.1) is 16.0 Å². The van der Waals surface area contributed by atoms with Gasteiger partial charge in [-0.25, -0.2) is 5.43 Å². The van der Waals surface area contributed by atoms with Crippen LogP contribution in [0.1, 0.15) is 17.0 Å². The molecule has 0 spiro atoms. The summed E-state index contributed by atoms with van der Waals surface area (Å²) in [4.78, 5) is 34.9. The van der Waals surface area contributed by atoms with Crippen LogP contribution in [-0.2, 0) is 9.59 Å². The lowest BCUT2D eigenvalue weighted by molar-refractivity contribution is -0.385. The Bertz CT molecular complexity index is 913. The average Bonchev–Trinajstić information content (AvgIpc) is 3.04. The van der Waals surface area contributed by atoms with Gasteiger partial charge in [-0.2, -0.15) is 5.10 Å². The summed E-state index contributed by atoms with van der Waals surface area (Å²) in [6, 6.07) is 12.6. The third-order valence-corrected chi connectivity index (χ3v) is 4.28. The number of phenolic OH excluding ortho intramolecular Hbond substituents is 1. The second-order valence-corrected chi connectivity index (χ2v) is 5.97. The number of nitro groups is 1. The number of aromatic hydroxyl groups is 1. The molecule has 2 aromatic rings. The number of nitrogens with zero attached hydrogens (tertiary/aromatic N) is 2. The van der Waals surface area contributed by atoms with Gasteiger partial charge in [-0.05, 0) is 17.7 Å². The summed E-state index contributed by atoms with van der Waals surface area (Å²) in [7, 11) is 0. The van der Waals surface area contributed by atoms with E-state index in [0.29, 0.717) is 6.54 Å². The Hall–Kier alpha value is -3.75. The second kappa shape index (κ2) is 7.65. The van der Waals surface area contributed by atoms with Gasteiger partial charge in [0, 0.05) is 18.5 Å². The first-order valence-corrected chi connectivity index (χ1v) is 8.10. The number of carbonyl (C=O) groups is 2. The highest BCUT2D eigenvalue weighted by atomic mass is 16.6. The van der Waals surface area contributed by atoms with Gasteiger partial charge in [-0.15, -0.1) is 0 Å². The highest BCUT2D eigenvalue weighted by Crippen LogP contribution is 2.29. The number of rotatable bonds is 5. The molecule has 138 valence electrons. The lowest BCUT2D eigenvalue weighted by Gasteiger charge is -2.15. The van der Waals surface area contributed by atoms with Crippen molar-refractivity contribution in [1.82, 2.24) is 10.7 Å². The molecule has 0 bridgehead atoms. The number of amides is 2. The number of hydrogen-bond donors (Lipinski definition) is 3. The maximum Gasteiger partial charge on any atom is 0.278 e. The van der Waals surface area contributed by atoms with Crippen molar-refractivity contribution < 1.29 is 19.6 Å². The van der Waals surface area contributed by atoms with Gasteiger partial charge in [-0.1, -0.05) is 30.3 Å². The molecule has 2 aromatic carbocycles. The number of nitro benzene ring substituents is 1. The van der Waals surface area contributed by atoms with Crippen molar-refractivity contribution in [2.24, 2.45) is 11.0 Å². The van der Waals surface area contributed by atoms with Crippen LogP contribution >= 0.6 is 0 Å². The van der Waals surface area contributed by atoms with Crippen LogP contribution in [0.2, 0.25) is 0 Å². The fourth-order valence-electron chi connectivity index (χ4n) is 2.98. The summed E-state index contributed by atoms with van der Waals surface area (Å²) in [6.07, 6.45) is 1.06. The smallest absolute Gasteiger partial charge is 0.278 e. The number of benzene rings is 2. The Morgan fingerprint density at radius 2 is 2.04 bits per heavy atom. The van der Waals surface area contributed by atoms with Crippen molar-refractivity contribution in [3.8, 4) is 5.75 Å². The zero-order valence-corrected chi connectivity index (χ0v) is 14.0. The highest BCUT2D eigenvalue weighted by molar-refractivity contribution is 6.03. The Kier molecular flexibility index (Phi) is 5.11. The molecule has 2 atom stereocenters. The predicted octanol–water partition coefficient (Wildman–Crippen LogP) is 1.28. The van der Waals surface area contributed by atoms with E-state index in [1.807, 2.05) is 30.3 Å². The predicted molar refractivity (Wildman–Crippen MR) is 96.2 cm³/mol. The van der Waals surface area contributed by atoms with E-state index in [1.54, 1.807) is 0 Å². The van der Waals surface area contributed by atoms with Gasteiger partial charge < -0.3 is 10.4 Å². The molecule has 1 aliphatic rings. The molecule has 1 fully saturated rings. The summed E-state index contributed by atoms with van der Waals surface area (Å²) in [5.74, 6) is -2.47. The Balaban J connectivity index is 1.75. The minimum Gasteiger partial charge on any atom is -0.508 e. The second-order valence-electron chi connectivity index (χ2n) is 5.97. The van der Waals surface area contributed by atoms with E-state index in [2.05, 4.69) is 15.8 Å². The van der Waals surface area contributed by atoms with Gasteiger partial charge >= 0.3 is 0 Å². The van der Waals surface area contributed by atoms with Crippen molar-refractivity contribution in [3.63, 3.8) is 0 Å². The van der Waals surface area contributed by atoms with Crippen molar-refractivity contribution in [2.75, 3.05) is 6.54 Å². The molecule has 3 rings (SSSR count). The molecule has 1 aliphatic heterocycles. The molecule has 27 heavy (non-hydrogen) atoms.